The summed E-state index contributed by atoms with van der Waals surface area (Å²) >= 11 is 5.60. The van der Waals surface area contributed by atoms with Crippen molar-refractivity contribution in [1.82, 2.24) is 10.2 Å². The van der Waals surface area contributed by atoms with Gasteiger partial charge in [-0.2, -0.15) is 0 Å². The topological polar surface area (TPSA) is 58.6 Å². The molecule has 2 atom stereocenters. The fraction of sp³-hybridized carbons (Fsp3) is 0.833. The molecular formula is C12H21ClN2O3. The molecule has 0 radical (unpaired) electrons. The lowest BCUT2D eigenvalue weighted by Gasteiger charge is -2.32. The van der Waals surface area contributed by atoms with Crippen LogP contribution in [-0.4, -0.2) is 48.0 Å². The number of amides is 3. The van der Waals surface area contributed by atoms with E-state index in [0.29, 0.717) is 19.7 Å². The molecule has 6 heteroatoms. The third kappa shape index (κ3) is 4.82. The number of likely N-dealkylation sites (tertiary alicyclic amines) is 1. The first-order chi connectivity index (χ1) is 8.54. The number of ether oxygens (including phenoxy) is 1. The van der Waals surface area contributed by atoms with Gasteiger partial charge in [-0.1, -0.05) is 6.92 Å². The van der Waals surface area contributed by atoms with E-state index < -0.39 is 11.3 Å². The fourth-order valence-electron chi connectivity index (χ4n) is 1.83. The van der Waals surface area contributed by atoms with Crippen LogP contribution in [0.3, 0.4) is 0 Å². The second-order valence-electron chi connectivity index (χ2n) is 4.49. The van der Waals surface area contributed by atoms with E-state index in [1.807, 2.05) is 6.92 Å². The number of rotatable bonds is 4. The minimum Gasteiger partial charge on any atom is -0.376 e. The number of urea groups is 1. The molecule has 0 aromatic rings. The van der Waals surface area contributed by atoms with Crippen LogP contribution in [0.2, 0.25) is 0 Å². The van der Waals surface area contributed by atoms with Crippen LogP contribution in [0.1, 0.15) is 33.1 Å². The molecule has 1 aliphatic rings. The molecule has 1 heterocycles. The van der Waals surface area contributed by atoms with Crippen molar-refractivity contribution in [2.75, 3.05) is 19.7 Å². The molecule has 0 saturated carbocycles. The van der Waals surface area contributed by atoms with Gasteiger partial charge in [0.15, 0.2) is 0 Å². The molecule has 104 valence electrons. The molecule has 0 bridgehead atoms. The molecule has 1 N–H and O–H groups in total. The van der Waals surface area contributed by atoms with Crippen molar-refractivity contribution in [3.05, 3.63) is 0 Å². The molecule has 3 amide bonds. The second-order valence-corrected chi connectivity index (χ2v) is 5.15. The van der Waals surface area contributed by atoms with E-state index in [-0.39, 0.29) is 12.1 Å². The third-order valence-corrected chi connectivity index (χ3v) is 3.01. The first-order valence-electron chi connectivity index (χ1n) is 6.40. The van der Waals surface area contributed by atoms with E-state index in [1.165, 1.54) is 6.92 Å². The van der Waals surface area contributed by atoms with Gasteiger partial charge in [0.05, 0.1) is 6.10 Å². The van der Waals surface area contributed by atoms with E-state index in [0.717, 1.165) is 19.3 Å². The lowest BCUT2D eigenvalue weighted by molar-refractivity contribution is -0.119. The van der Waals surface area contributed by atoms with Crippen LogP contribution >= 0.6 is 11.6 Å². The van der Waals surface area contributed by atoms with Gasteiger partial charge in [-0.05, 0) is 26.2 Å². The summed E-state index contributed by atoms with van der Waals surface area (Å²) < 4.78 is 5.63. The van der Waals surface area contributed by atoms with E-state index in [9.17, 15) is 9.59 Å². The summed E-state index contributed by atoms with van der Waals surface area (Å²) in [7, 11) is 0. The average Bonchev–Trinajstić information content (AvgIpc) is 2.36. The Bertz CT molecular complexity index is 297. The highest BCUT2D eigenvalue weighted by Crippen LogP contribution is 2.13. The number of hydrogen-bond acceptors (Lipinski definition) is 3. The van der Waals surface area contributed by atoms with E-state index in [1.54, 1.807) is 4.90 Å². The average molecular weight is 277 g/mol. The van der Waals surface area contributed by atoms with Crippen molar-refractivity contribution < 1.29 is 14.3 Å². The maximum Gasteiger partial charge on any atom is 0.324 e. The molecule has 5 nitrogen and oxygen atoms in total. The molecule has 0 spiro atoms. The van der Waals surface area contributed by atoms with Crippen molar-refractivity contribution >= 4 is 23.5 Å². The van der Waals surface area contributed by atoms with Gasteiger partial charge in [0.25, 0.3) is 0 Å². The van der Waals surface area contributed by atoms with Crippen LogP contribution in [0.4, 0.5) is 4.79 Å². The van der Waals surface area contributed by atoms with Crippen LogP contribution in [0.15, 0.2) is 0 Å². The van der Waals surface area contributed by atoms with Crippen LogP contribution in [0.25, 0.3) is 0 Å². The second kappa shape index (κ2) is 7.59. The predicted molar refractivity (Wildman–Crippen MR) is 69.7 cm³/mol. The third-order valence-electron chi connectivity index (χ3n) is 2.81. The van der Waals surface area contributed by atoms with Gasteiger partial charge in [0.1, 0.15) is 5.38 Å². The standard InChI is InChI=1S/C12H21ClN2O3/c1-3-7-18-10-5-4-6-15(8-10)12(17)14-11(16)9(2)13/h9-10H,3-8H2,1-2H3,(H,14,16,17). The fourth-order valence-corrected chi connectivity index (χ4v) is 1.88. The first kappa shape index (κ1) is 15.2. The SMILES string of the molecule is CCCOC1CCCN(C(=O)NC(=O)C(C)Cl)C1. The Morgan fingerprint density at radius 1 is 1.56 bits per heavy atom. The van der Waals surface area contributed by atoms with Crippen molar-refractivity contribution in [3.63, 3.8) is 0 Å². The summed E-state index contributed by atoms with van der Waals surface area (Å²) in [6, 6.07) is -0.378. The molecule has 1 aliphatic heterocycles. The van der Waals surface area contributed by atoms with Gasteiger partial charge >= 0.3 is 6.03 Å². The maximum atomic E-state index is 11.8. The molecule has 1 fully saturated rings. The monoisotopic (exact) mass is 276 g/mol. The number of carbonyl (C=O) groups excluding carboxylic acids is 2. The summed E-state index contributed by atoms with van der Waals surface area (Å²) in [5.41, 5.74) is 0. The number of halogens is 1. The highest BCUT2D eigenvalue weighted by atomic mass is 35.5. The van der Waals surface area contributed by atoms with Gasteiger partial charge in [0, 0.05) is 19.7 Å². The highest BCUT2D eigenvalue weighted by Gasteiger charge is 2.25. The highest BCUT2D eigenvalue weighted by molar-refractivity contribution is 6.31. The Hall–Kier alpha value is -0.810. The molecule has 0 aromatic heterocycles. The van der Waals surface area contributed by atoms with Crippen molar-refractivity contribution in [2.24, 2.45) is 0 Å². The number of hydrogen-bond donors (Lipinski definition) is 1. The molecule has 0 aromatic carbocycles. The number of nitrogens with zero attached hydrogens (tertiary/aromatic N) is 1. The predicted octanol–water partition coefficient (Wildman–Crippen LogP) is 1.74. The van der Waals surface area contributed by atoms with Crippen LogP contribution in [0, 0.1) is 0 Å². The number of alkyl halides is 1. The van der Waals surface area contributed by atoms with E-state index >= 15 is 0 Å². The summed E-state index contributed by atoms with van der Waals surface area (Å²) in [6.07, 6.45) is 2.90. The van der Waals surface area contributed by atoms with Crippen LogP contribution < -0.4 is 5.32 Å². The van der Waals surface area contributed by atoms with E-state index in [4.69, 9.17) is 16.3 Å². The van der Waals surface area contributed by atoms with Crippen molar-refractivity contribution in [3.8, 4) is 0 Å². The Balaban J connectivity index is 2.40. The number of imide groups is 1. The zero-order chi connectivity index (χ0) is 13.5. The van der Waals surface area contributed by atoms with Gasteiger partial charge in [-0.15, -0.1) is 11.6 Å². The number of carbonyl (C=O) groups is 2. The number of nitrogens with one attached hydrogen (secondary N) is 1. The van der Waals surface area contributed by atoms with Gasteiger partial charge < -0.3 is 9.64 Å². The summed E-state index contributed by atoms with van der Waals surface area (Å²) in [5, 5.41) is 1.58. The van der Waals surface area contributed by atoms with Crippen LogP contribution in [0.5, 0.6) is 0 Å². The minimum atomic E-state index is -0.703. The van der Waals surface area contributed by atoms with Gasteiger partial charge in [-0.3, -0.25) is 10.1 Å². The normalized spacial score (nSPS) is 21.5. The minimum absolute atomic E-state index is 0.0768. The first-order valence-corrected chi connectivity index (χ1v) is 6.83. The molecule has 18 heavy (non-hydrogen) atoms. The summed E-state index contributed by atoms with van der Waals surface area (Å²) in [4.78, 5) is 24.8. The smallest absolute Gasteiger partial charge is 0.324 e. The number of piperidine rings is 1. The molecule has 1 saturated heterocycles. The zero-order valence-corrected chi connectivity index (χ0v) is 11.7. The Morgan fingerprint density at radius 2 is 2.28 bits per heavy atom. The molecular weight excluding hydrogens is 256 g/mol. The quantitative estimate of drug-likeness (QED) is 0.796. The Labute approximate surface area is 113 Å². The van der Waals surface area contributed by atoms with E-state index in [2.05, 4.69) is 5.32 Å². The molecule has 1 rings (SSSR count). The van der Waals surface area contributed by atoms with Gasteiger partial charge in [0.2, 0.25) is 5.91 Å². The summed E-state index contributed by atoms with van der Waals surface area (Å²) in [5.74, 6) is -0.460. The van der Waals surface area contributed by atoms with Crippen molar-refractivity contribution in [1.29, 1.82) is 0 Å². The Morgan fingerprint density at radius 3 is 2.89 bits per heavy atom. The maximum absolute atomic E-state index is 11.8. The van der Waals surface area contributed by atoms with Crippen molar-refractivity contribution in [2.45, 2.75) is 44.6 Å². The Kier molecular flexibility index (Phi) is 6.43. The zero-order valence-electron chi connectivity index (χ0n) is 10.9. The van der Waals surface area contributed by atoms with Gasteiger partial charge in [-0.25, -0.2) is 4.79 Å². The lowest BCUT2D eigenvalue weighted by Crippen LogP contribution is -2.50. The lowest BCUT2D eigenvalue weighted by atomic mass is 10.1. The largest absolute Gasteiger partial charge is 0.376 e. The summed E-state index contributed by atoms with van der Waals surface area (Å²) in [6.45, 7) is 5.48. The molecule has 0 aliphatic carbocycles. The van der Waals surface area contributed by atoms with Crippen LogP contribution in [-0.2, 0) is 9.53 Å². The molecule has 2 unspecified atom stereocenters.